The lowest BCUT2D eigenvalue weighted by Gasteiger charge is -2.24. The van der Waals surface area contributed by atoms with Crippen LogP contribution in [-0.4, -0.2) is 10.2 Å². The van der Waals surface area contributed by atoms with E-state index in [2.05, 4.69) is 27.7 Å². The first-order valence-electron chi connectivity index (χ1n) is 5.81. The average Bonchev–Trinajstić information content (AvgIpc) is 2.15. The van der Waals surface area contributed by atoms with Crippen molar-refractivity contribution in [2.75, 3.05) is 0 Å². The highest BCUT2D eigenvalue weighted by atomic mass is 16.3. The smallest absolute Gasteiger partial charge is 0.125 e. The second kappa shape index (κ2) is 4.46. The number of hydrogen-bond donors (Lipinski definition) is 2. The Balaban J connectivity index is 3.44. The first-order chi connectivity index (χ1) is 7.27. The van der Waals surface area contributed by atoms with E-state index in [1.165, 1.54) is 0 Å². The van der Waals surface area contributed by atoms with Crippen molar-refractivity contribution in [3.63, 3.8) is 0 Å². The Morgan fingerprint density at radius 1 is 1.25 bits per heavy atom. The van der Waals surface area contributed by atoms with Crippen molar-refractivity contribution in [3.05, 3.63) is 28.8 Å². The molecule has 0 aliphatic heterocycles. The third kappa shape index (κ3) is 2.56. The lowest BCUT2D eigenvalue weighted by Crippen LogP contribution is -2.13. The largest absolute Gasteiger partial charge is 0.507 e. The molecule has 90 valence electrons. The molecule has 0 bridgehead atoms. The SMILES string of the molecule is CCc1cc(C(C)O)c(O)c(C(C)(C)C)c1. The van der Waals surface area contributed by atoms with E-state index in [1.54, 1.807) is 6.92 Å². The summed E-state index contributed by atoms with van der Waals surface area (Å²) in [6.07, 6.45) is 0.274. The van der Waals surface area contributed by atoms with Gasteiger partial charge in [-0.2, -0.15) is 0 Å². The Bertz CT molecular complexity index is 373. The predicted molar refractivity (Wildman–Crippen MR) is 66.8 cm³/mol. The maximum Gasteiger partial charge on any atom is 0.125 e. The zero-order chi connectivity index (χ0) is 12.5. The summed E-state index contributed by atoms with van der Waals surface area (Å²) in [5.41, 5.74) is 2.57. The second-order valence-corrected chi connectivity index (χ2v) is 5.36. The van der Waals surface area contributed by atoms with E-state index >= 15 is 0 Å². The molecule has 2 heteroatoms. The molecule has 0 saturated heterocycles. The average molecular weight is 222 g/mol. The molecule has 0 spiro atoms. The summed E-state index contributed by atoms with van der Waals surface area (Å²) in [7, 11) is 0. The van der Waals surface area contributed by atoms with Crippen LogP contribution < -0.4 is 0 Å². The van der Waals surface area contributed by atoms with Crippen LogP contribution in [0.5, 0.6) is 5.75 Å². The number of aromatic hydroxyl groups is 1. The van der Waals surface area contributed by atoms with Gasteiger partial charge < -0.3 is 10.2 Å². The molecule has 0 saturated carbocycles. The van der Waals surface area contributed by atoms with Gasteiger partial charge in [0.2, 0.25) is 0 Å². The molecule has 1 rings (SSSR count). The molecule has 0 heterocycles. The Kier molecular flexibility index (Phi) is 3.64. The number of rotatable bonds is 2. The highest BCUT2D eigenvalue weighted by molar-refractivity contribution is 5.47. The fourth-order valence-electron chi connectivity index (χ4n) is 1.81. The molecule has 2 nitrogen and oxygen atoms in total. The molecule has 0 aromatic heterocycles. The van der Waals surface area contributed by atoms with Gasteiger partial charge >= 0.3 is 0 Å². The number of aliphatic hydroxyl groups is 1. The molecule has 1 aromatic rings. The van der Waals surface area contributed by atoms with Crippen LogP contribution in [0.3, 0.4) is 0 Å². The number of hydrogen-bond acceptors (Lipinski definition) is 2. The van der Waals surface area contributed by atoms with E-state index in [1.807, 2.05) is 12.1 Å². The quantitative estimate of drug-likeness (QED) is 0.806. The number of benzene rings is 1. The first-order valence-corrected chi connectivity index (χ1v) is 5.81. The molecule has 1 unspecified atom stereocenters. The third-order valence-corrected chi connectivity index (χ3v) is 2.87. The van der Waals surface area contributed by atoms with Crippen molar-refractivity contribution in [1.82, 2.24) is 0 Å². The number of phenolic OH excluding ortho intramolecular Hbond substituents is 1. The van der Waals surface area contributed by atoms with E-state index in [9.17, 15) is 10.2 Å². The van der Waals surface area contributed by atoms with Gasteiger partial charge in [-0.1, -0.05) is 33.8 Å². The van der Waals surface area contributed by atoms with Gasteiger partial charge in [0.05, 0.1) is 6.10 Å². The summed E-state index contributed by atoms with van der Waals surface area (Å²) in [5, 5.41) is 19.8. The van der Waals surface area contributed by atoms with Crippen LogP contribution in [-0.2, 0) is 11.8 Å². The predicted octanol–water partition coefficient (Wildman–Crippen LogP) is 3.31. The molecule has 0 aliphatic rings. The molecule has 1 aromatic carbocycles. The minimum atomic E-state index is -0.632. The fraction of sp³-hybridized carbons (Fsp3) is 0.571. The molecule has 2 N–H and O–H groups in total. The van der Waals surface area contributed by atoms with Crippen molar-refractivity contribution >= 4 is 0 Å². The van der Waals surface area contributed by atoms with Crippen molar-refractivity contribution in [2.45, 2.75) is 52.6 Å². The lowest BCUT2D eigenvalue weighted by molar-refractivity contribution is 0.194. The van der Waals surface area contributed by atoms with Crippen LogP contribution in [0.2, 0.25) is 0 Å². The van der Waals surface area contributed by atoms with E-state index in [4.69, 9.17) is 0 Å². The van der Waals surface area contributed by atoms with E-state index in [-0.39, 0.29) is 11.2 Å². The Hall–Kier alpha value is -1.02. The van der Waals surface area contributed by atoms with Crippen LogP contribution >= 0.6 is 0 Å². The van der Waals surface area contributed by atoms with Gasteiger partial charge in [-0.15, -0.1) is 0 Å². The van der Waals surface area contributed by atoms with Crippen molar-refractivity contribution < 1.29 is 10.2 Å². The zero-order valence-corrected chi connectivity index (χ0v) is 10.8. The third-order valence-electron chi connectivity index (χ3n) is 2.87. The Morgan fingerprint density at radius 2 is 1.81 bits per heavy atom. The number of phenols is 1. The van der Waals surface area contributed by atoms with Gasteiger partial charge in [0.25, 0.3) is 0 Å². The highest BCUT2D eigenvalue weighted by Gasteiger charge is 2.22. The molecule has 0 fully saturated rings. The maximum atomic E-state index is 10.2. The van der Waals surface area contributed by atoms with Gasteiger partial charge in [-0.25, -0.2) is 0 Å². The van der Waals surface area contributed by atoms with Gasteiger partial charge in [0.15, 0.2) is 0 Å². The monoisotopic (exact) mass is 222 g/mol. The van der Waals surface area contributed by atoms with Crippen molar-refractivity contribution in [2.24, 2.45) is 0 Å². The van der Waals surface area contributed by atoms with Gasteiger partial charge in [0.1, 0.15) is 5.75 Å². The van der Waals surface area contributed by atoms with Crippen LogP contribution in [0.4, 0.5) is 0 Å². The normalized spacial score (nSPS) is 13.9. The van der Waals surface area contributed by atoms with E-state index in [0.717, 1.165) is 17.5 Å². The summed E-state index contributed by atoms with van der Waals surface area (Å²) in [6, 6.07) is 3.91. The molecule has 16 heavy (non-hydrogen) atoms. The van der Waals surface area contributed by atoms with Crippen LogP contribution in [0.15, 0.2) is 12.1 Å². The molecule has 1 atom stereocenters. The van der Waals surface area contributed by atoms with E-state index in [0.29, 0.717) is 5.56 Å². The van der Waals surface area contributed by atoms with Crippen molar-refractivity contribution in [1.29, 1.82) is 0 Å². The topological polar surface area (TPSA) is 40.5 Å². The minimum absolute atomic E-state index is 0.112. The standard InChI is InChI=1S/C14H22O2/c1-6-10-7-11(9(2)15)13(16)12(8-10)14(3,4)5/h7-9,15-16H,6H2,1-5H3. The molecular formula is C14H22O2. The minimum Gasteiger partial charge on any atom is -0.507 e. The summed E-state index contributed by atoms with van der Waals surface area (Å²) in [4.78, 5) is 0. The summed E-state index contributed by atoms with van der Waals surface area (Å²) >= 11 is 0. The van der Waals surface area contributed by atoms with E-state index < -0.39 is 6.10 Å². The maximum absolute atomic E-state index is 10.2. The summed E-state index contributed by atoms with van der Waals surface area (Å²) in [5.74, 6) is 0.236. The van der Waals surface area contributed by atoms with Gasteiger partial charge in [0, 0.05) is 5.56 Å². The summed E-state index contributed by atoms with van der Waals surface area (Å²) < 4.78 is 0. The second-order valence-electron chi connectivity index (χ2n) is 5.36. The zero-order valence-electron chi connectivity index (χ0n) is 10.8. The molecule has 0 radical (unpaired) electrons. The fourth-order valence-corrected chi connectivity index (χ4v) is 1.81. The van der Waals surface area contributed by atoms with Gasteiger partial charge in [-0.3, -0.25) is 0 Å². The van der Waals surface area contributed by atoms with Crippen LogP contribution in [0.25, 0.3) is 0 Å². The summed E-state index contributed by atoms with van der Waals surface area (Å²) in [6.45, 7) is 9.94. The molecule has 0 amide bonds. The lowest BCUT2D eigenvalue weighted by atomic mass is 9.83. The Morgan fingerprint density at radius 3 is 2.19 bits per heavy atom. The van der Waals surface area contributed by atoms with Crippen LogP contribution in [0.1, 0.15) is 57.4 Å². The first kappa shape index (κ1) is 13.0. The number of aryl methyl sites for hydroxylation is 1. The van der Waals surface area contributed by atoms with Gasteiger partial charge in [-0.05, 0) is 36.0 Å². The highest BCUT2D eigenvalue weighted by Crippen LogP contribution is 2.37. The Labute approximate surface area is 97.9 Å². The van der Waals surface area contributed by atoms with Crippen LogP contribution in [0, 0.1) is 0 Å². The molecule has 0 aliphatic carbocycles. The number of aliphatic hydroxyl groups excluding tert-OH is 1. The van der Waals surface area contributed by atoms with Crippen molar-refractivity contribution in [3.8, 4) is 5.75 Å². The molecular weight excluding hydrogens is 200 g/mol.